The minimum absolute atomic E-state index is 0.161. The molecule has 8 nitrogen and oxygen atoms in total. The van der Waals surface area contributed by atoms with Crippen LogP contribution in [0.5, 0.6) is 0 Å². The predicted octanol–water partition coefficient (Wildman–Crippen LogP) is 0.508. The van der Waals surface area contributed by atoms with E-state index in [0.717, 1.165) is 17.2 Å². The smallest absolute Gasteiger partial charge is 0.350 e. The van der Waals surface area contributed by atoms with Crippen LogP contribution >= 0.6 is 0 Å². The van der Waals surface area contributed by atoms with E-state index in [-0.39, 0.29) is 13.2 Å². The monoisotopic (exact) mass is 271 g/mol. The Hall–Kier alpha value is -1.96. The number of aromatic nitrogens is 2. The maximum absolute atomic E-state index is 11.4. The Morgan fingerprint density at radius 3 is 2.68 bits per heavy atom. The number of rotatable bonds is 7. The van der Waals surface area contributed by atoms with Crippen molar-refractivity contribution in [2.45, 2.75) is 26.8 Å². The van der Waals surface area contributed by atoms with Crippen molar-refractivity contribution in [2.75, 3.05) is 13.2 Å². The molecule has 0 saturated heterocycles. The Morgan fingerprint density at radius 1 is 1.42 bits per heavy atom. The van der Waals surface area contributed by atoms with Gasteiger partial charge < -0.3 is 4.74 Å². The first-order valence-corrected chi connectivity index (χ1v) is 5.97. The van der Waals surface area contributed by atoms with Crippen molar-refractivity contribution in [2.24, 2.45) is 5.92 Å². The van der Waals surface area contributed by atoms with Crippen LogP contribution in [0.3, 0.4) is 0 Å². The highest BCUT2D eigenvalue weighted by Crippen LogP contribution is 2.00. The van der Waals surface area contributed by atoms with Crippen LogP contribution in [0.15, 0.2) is 15.8 Å². The maximum Gasteiger partial charge on any atom is 0.350 e. The predicted molar refractivity (Wildman–Crippen MR) is 68.3 cm³/mol. The lowest BCUT2D eigenvalue weighted by molar-refractivity contribution is -0.386. The zero-order valence-electron chi connectivity index (χ0n) is 10.9. The minimum Gasteiger partial charge on any atom is -0.380 e. The molecule has 0 atom stereocenters. The van der Waals surface area contributed by atoms with Crippen molar-refractivity contribution < 1.29 is 9.66 Å². The first kappa shape index (κ1) is 15.1. The van der Waals surface area contributed by atoms with Crippen molar-refractivity contribution in [3.05, 3.63) is 37.1 Å². The average molecular weight is 271 g/mol. The highest BCUT2D eigenvalue weighted by molar-refractivity contribution is 5.20. The second-order valence-electron chi connectivity index (χ2n) is 4.52. The molecule has 1 heterocycles. The molecule has 0 aliphatic heterocycles. The number of aromatic amines is 1. The van der Waals surface area contributed by atoms with E-state index in [1.165, 1.54) is 0 Å². The summed E-state index contributed by atoms with van der Waals surface area (Å²) in [5, 5.41) is 10.6. The quantitative estimate of drug-likeness (QED) is 0.441. The molecule has 19 heavy (non-hydrogen) atoms. The summed E-state index contributed by atoms with van der Waals surface area (Å²) in [6, 6.07) is 0. The molecule has 1 rings (SSSR count). The Kier molecular flexibility index (Phi) is 5.43. The summed E-state index contributed by atoms with van der Waals surface area (Å²) in [6.45, 7) is 5.13. The number of nitro groups is 1. The Balaban J connectivity index is 2.64. The van der Waals surface area contributed by atoms with E-state index in [9.17, 15) is 19.7 Å². The fourth-order valence-corrected chi connectivity index (χ4v) is 1.38. The van der Waals surface area contributed by atoms with Crippen LogP contribution in [0.2, 0.25) is 0 Å². The molecule has 1 N–H and O–H groups in total. The number of nitrogens with zero attached hydrogens (tertiary/aromatic N) is 2. The van der Waals surface area contributed by atoms with E-state index in [2.05, 4.69) is 13.8 Å². The largest absolute Gasteiger partial charge is 0.380 e. The van der Waals surface area contributed by atoms with Crippen LogP contribution in [0.25, 0.3) is 0 Å². The molecule has 106 valence electrons. The molecule has 0 aromatic carbocycles. The van der Waals surface area contributed by atoms with Crippen LogP contribution in [-0.4, -0.2) is 27.7 Å². The van der Waals surface area contributed by atoms with Gasteiger partial charge in [-0.25, -0.2) is 4.79 Å². The van der Waals surface area contributed by atoms with Gasteiger partial charge in [0.1, 0.15) is 0 Å². The minimum atomic E-state index is -0.994. The van der Waals surface area contributed by atoms with Gasteiger partial charge in [0.2, 0.25) is 0 Å². The molecule has 1 aromatic heterocycles. The lowest BCUT2D eigenvalue weighted by Crippen LogP contribution is -2.31. The summed E-state index contributed by atoms with van der Waals surface area (Å²) in [4.78, 5) is 34.2. The SMILES string of the molecule is CC(C)CCOCCn1cc([N+](=O)[O-])c(=O)[nH]c1=O. The Labute approximate surface area is 109 Å². The summed E-state index contributed by atoms with van der Waals surface area (Å²) in [7, 11) is 0. The zero-order valence-corrected chi connectivity index (χ0v) is 10.9. The lowest BCUT2D eigenvalue weighted by Gasteiger charge is -2.07. The van der Waals surface area contributed by atoms with E-state index in [4.69, 9.17) is 4.74 Å². The first-order valence-electron chi connectivity index (χ1n) is 5.97. The molecule has 1 aromatic rings. The molecule has 0 amide bonds. The summed E-state index contributed by atoms with van der Waals surface area (Å²) in [5.74, 6) is 0.525. The van der Waals surface area contributed by atoms with Crippen molar-refractivity contribution in [1.29, 1.82) is 0 Å². The van der Waals surface area contributed by atoms with Crippen molar-refractivity contribution >= 4 is 5.69 Å². The highest BCUT2D eigenvalue weighted by atomic mass is 16.6. The fraction of sp³-hybridized carbons (Fsp3) is 0.636. The van der Waals surface area contributed by atoms with Gasteiger partial charge in [-0.05, 0) is 12.3 Å². The van der Waals surface area contributed by atoms with E-state index in [1.54, 1.807) is 0 Å². The zero-order chi connectivity index (χ0) is 14.4. The normalized spacial score (nSPS) is 10.9. The Bertz CT molecular complexity index is 546. The molecule has 0 bridgehead atoms. The molecule has 0 unspecified atom stereocenters. The third-order valence-corrected chi connectivity index (χ3v) is 2.50. The van der Waals surface area contributed by atoms with Gasteiger partial charge in [0.05, 0.1) is 24.3 Å². The second-order valence-corrected chi connectivity index (χ2v) is 4.52. The molecule has 0 fully saturated rings. The van der Waals surface area contributed by atoms with E-state index < -0.39 is 21.9 Å². The van der Waals surface area contributed by atoms with Gasteiger partial charge in [-0.1, -0.05) is 13.8 Å². The summed E-state index contributed by atoms with van der Waals surface area (Å²) in [6.07, 6.45) is 1.84. The maximum atomic E-state index is 11.4. The molecule has 0 spiro atoms. The van der Waals surface area contributed by atoms with Gasteiger partial charge in [0.25, 0.3) is 0 Å². The second kappa shape index (κ2) is 6.83. The van der Waals surface area contributed by atoms with Crippen LogP contribution < -0.4 is 11.2 Å². The van der Waals surface area contributed by atoms with Gasteiger partial charge in [-0.3, -0.25) is 24.5 Å². The third-order valence-electron chi connectivity index (χ3n) is 2.50. The van der Waals surface area contributed by atoms with Gasteiger partial charge in [0, 0.05) is 6.61 Å². The van der Waals surface area contributed by atoms with Crippen molar-refractivity contribution in [3.8, 4) is 0 Å². The Morgan fingerprint density at radius 2 is 2.11 bits per heavy atom. The number of ether oxygens (including phenoxy) is 1. The summed E-state index contributed by atoms with van der Waals surface area (Å²) < 4.78 is 6.38. The average Bonchev–Trinajstić information content (AvgIpc) is 2.30. The van der Waals surface area contributed by atoms with Gasteiger partial charge in [-0.15, -0.1) is 0 Å². The lowest BCUT2D eigenvalue weighted by atomic mass is 10.1. The van der Waals surface area contributed by atoms with Crippen molar-refractivity contribution in [1.82, 2.24) is 9.55 Å². The third kappa shape index (κ3) is 4.66. The van der Waals surface area contributed by atoms with Gasteiger partial charge in [-0.2, -0.15) is 0 Å². The van der Waals surface area contributed by atoms with E-state index in [0.29, 0.717) is 12.5 Å². The molecule has 0 aliphatic rings. The van der Waals surface area contributed by atoms with E-state index in [1.807, 2.05) is 4.98 Å². The molecular formula is C11H17N3O5. The standard InChI is InChI=1S/C11H17N3O5/c1-8(2)3-5-19-6-4-13-7-9(14(17)18)10(15)12-11(13)16/h7-8H,3-6H2,1-2H3,(H,12,15,16). The first-order chi connectivity index (χ1) is 8.91. The molecule has 8 heteroatoms. The molecule has 0 saturated carbocycles. The number of hydrogen-bond acceptors (Lipinski definition) is 5. The number of H-pyrrole nitrogens is 1. The summed E-state index contributed by atoms with van der Waals surface area (Å²) in [5.41, 5.74) is -2.32. The van der Waals surface area contributed by atoms with Gasteiger partial charge in [0.15, 0.2) is 0 Å². The fourth-order valence-electron chi connectivity index (χ4n) is 1.38. The van der Waals surface area contributed by atoms with Crippen LogP contribution in [-0.2, 0) is 11.3 Å². The number of nitrogens with one attached hydrogen (secondary N) is 1. The molecule has 0 aliphatic carbocycles. The van der Waals surface area contributed by atoms with Crippen LogP contribution in [0.1, 0.15) is 20.3 Å². The van der Waals surface area contributed by atoms with Gasteiger partial charge >= 0.3 is 16.9 Å². The number of hydrogen-bond donors (Lipinski definition) is 1. The van der Waals surface area contributed by atoms with Crippen LogP contribution in [0.4, 0.5) is 5.69 Å². The van der Waals surface area contributed by atoms with Crippen molar-refractivity contribution in [3.63, 3.8) is 0 Å². The topological polar surface area (TPSA) is 107 Å². The molecule has 0 radical (unpaired) electrons. The highest BCUT2D eigenvalue weighted by Gasteiger charge is 2.14. The van der Waals surface area contributed by atoms with Crippen LogP contribution in [0, 0.1) is 16.0 Å². The summed E-state index contributed by atoms with van der Waals surface area (Å²) >= 11 is 0. The van der Waals surface area contributed by atoms with E-state index >= 15 is 0 Å². The molecular weight excluding hydrogens is 254 g/mol.